The van der Waals surface area contributed by atoms with Gasteiger partial charge in [-0.1, -0.05) is 13.0 Å². The molecule has 1 unspecified atom stereocenters. The van der Waals surface area contributed by atoms with Gasteiger partial charge in [-0.05, 0) is 26.3 Å². The minimum Gasteiger partial charge on any atom is -0.307 e. The number of nitro benzene ring substituents is 1. The van der Waals surface area contributed by atoms with Crippen molar-refractivity contribution in [3.05, 3.63) is 51.7 Å². The van der Waals surface area contributed by atoms with Gasteiger partial charge >= 0.3 is 0 Å². The maximum atomic E-state index is 12.3. The van der Waals surface area contributed by atoms with Crippen LogP contribution >= 0.6 is 0 Å². The van der Waals surface area contributed by atoms with Crippen LogP contribution in [0.4, 0.5) is 11.5 Å². The van der Waals surface area contributed by atoms with Gasteiger partial charge in [0.05, 0.1) is 17.2 Å². The summed E-state index contributed by atoms with van der Waals surface area (Å²) in [4.78, 5) is 22.8. The van der Waals surface area contributed by atoms with Crippen LogP contribution in [0.15, 0.2) is 30.5 Å². The number of hydrogen-bond donors (Lipinski definition) is 1. The third-order valence-corrected chi connectivity index (χ3v) is 3.59. The lowest BCUT2D eigenvalue weighted by Gasteiger charge is -2.14. The lowest BCUT2D eigenvalue weighted by atomic mass is 10.1. The Morgan fingerprint density at radius 1 is 1.45 bits per heavy atom. The van der Waals surface area contributed by atoms with Crippen molar-refractivity contribution in [1.29, 1.82) is 0 Å². The molecule has 116 valence electrons. The van der Waals surface area contributed by atoms with Crippen LogP contribution < -0.4 is 5.32 Å². The van der Waals surface area contributed by atoms with Crippen molar-refractivity contribution in [2.75, 3.05) is 5.32 Å². The number of aryl methyl sites for hydroxylation is 1. The Morgan fingerprint density at radius 3 is 2.82 bits per heavy atom. The molecular weight excluding hydrogens is 284 g/mol. The predicted octanol–water partition coefficient (Wildman–Crippen LogP) is 3.32. The molecule has 2 rings (SSSR count). The Bertz CT molecular complexity index is 709. The van der Waals surface area contributed by atoms with E-state index < -0.39 is 10.8 Å². The van der Waals surface area contributed by atoms with Crippen molar-refractivity contribution < 1.29 is 9.72 Å². The minimum atomic E-state index is -0.491. The Hall–Kier alpha value is -2.70. The van der Waals surface area contributed by atoms with E-state index in [1.54, 1.807) is 36.0 Å². The number of nitro groups is 1. The van der Waals surface area contributed by atoms with Crippen LogP contribution in [0.5, 0.6) is 0 Å². The second-order valence-electron chi connectivity index (χ2n) is 5.13. The number of benzene rings is 1. The quantitative estimate of drug-likeness (QED) is 0.677. The first kappa shape index (κ1) is 15.7. The van der Waals surface area contributed by atoms with Crippen molar-refractivity contribution in [3.8, 4) is 0 Å². The Labute approximate surface area is 128 Å². The molecule has 22 heavy (non-hydrogen) atoms. The fourth-order valence-electron chi connectivity index (χ4n) is 2.07. The predicted molar refractivity (Wildman–Crippen MR) is 83.0 cm³/mol. The number of hydrogen-bond acceptors (Lipinski definition) is 4. The molecule has 0 fully saturated rings. The molecule has 1 aromatic heterocycles. The Kier molecular flexibility index (Phi) is 4.55. The van der Waals surface area contributed by atoms with Crippen molar-refractivity contribution in [2.24, 2.45) is 0 Å². The van der Waals surface area contributed by atoms with Crippen LogP contribution in [0.25, 0.3) is 0 Å². The lowest BCUT2D eigenvalue weighted by molar-refractivity contribution is -0.385. The molecule has 1 N–H and O–H groups in total. The number of carbonyl (C=O) groups excluding carboxylic acids is 1. The molecule has 7 nitrogen and oxygen atoms in total. The van der Waals surface area contributed by atoms with Crippen LogP contribution in [-0.4, -0.2) is 20.6 Å². The van der Waals surface area contributed by atoms with E-state index in [9.17, 15) is 14.9 Å². The first-order chi connectivity index (χ1) is 10.4. The summed E-state index contributed by atoms with van der Waals surface area (Å²) in [5.74, 6) is 0.177. The molecule has 0 spiro atoms. The highest BCUT2D eigenvalue weighted by molar-refractivity contribution is 6.04. The van der Waals surface area contributed by atoms with E-state index in [1.807, 2.05) is 13.8 Å². The van der Waals surface area contributed by atoms with Crippen molar-refractivity contribution in [1.82, 2.24) is 9.78 Å². The summed E-state index contributed by atoms with van der Waals surface area (Å²) < 4.78 is 1.72. The molecule has 1 heterocycles. The number of aromatic nitrogens is 2. The third kappa shape index (κ3) is 3.13. The Balaban J connectivity index is 2.25. The van der Waals surface area contributed by atoms with Crippen LogP contribution in [0, 0.1) is 17.0 Å². The highest BCUT2D eigenvalue weighted by Crippen LogP contribution is 2.21. The van der Waals surface area contributed by atoms with Crippen molar-refractivity contribution >= 4 is 17.4 Å². The van der Waals surface area contributed by atoms with Gasteiger partial charge in [0.15, 0.2) is 0 Å². The van der Waals surface area contributed by atoms with Gasteiger partial charge in [-0.25, -0.2) is 4.68 Å². The van der Waals surface area contributed by atoms with Gasteiger partial charge in [-0.15, -0.1) is 0 Å². The summed E-state index contributed by atoms with van der Waals surface area (Å²) in [5, 5.41) is 17.9. The zero-order valence-corrected chi connectivity index (χ0v) is 12.7. The summed E-state index contributed by atoms with van der Waals surface area (Å²) in [7, 11) is 0. The number of nitrogens with zero attached hydrogens (tertiary/aromatic N) is 3. The number of rotatable bonds is 5. The van der Waals surface area contributed by atoms with E-state index in [0.717, 1.165) is 6.42 Å². The fraction of sp³-hybridized carbons (Fsp3) is 0.333. The van der Waals surface area contributed by atoms with Crippen LogP contribution in [0.3, 0.4) is 0 Å². The van der Waals surface area contributed by atoms with Gasteiger partial charge in [0.2, 0.25) is 0 Å². The second kappa shape index (κ2) is 6.38. The van der Waals surface area contributed by atoms with E-state index in [0.29, 0.717) is 11.4 Å². The van der Waals surface area contributed by atoms with Gasteiger partial charge in [0, 0.05) is 23.3 Å². The third-order valence-electron chi connectivity index (χ3n) is 3.59. The first-order valence-corrected chi connectivity index (χ1v) is 7.04. The molecule has 2 aromatic rings. The molecular formula is C15H18N4O3. The van der Waals surface area contributed by atoms with Gasteiger partial charge in [-0.2, -0.15) is 5.10 Å². The highest BCUT2D eigenvalue weighted by atomic mass is 16.6. The number of nitrogens with one attached hydrogen (secondary N) is 1. The molecule has 0 radical (unpaired) electrons. The molecule has 1 atom stereocenters. The first-order valence-electron chi connectivity index (χ1n) is 7.04. The summed E-state index contributed by atoms with van der Waals surface area (Å²) in [5.41, 5.74) is 0.698. The van der Waals surface area contributed by atoms with Gasteiger partial charge in [0.1, 0.15) is 5.82 Å². The number of anilines is 1. The molecule has 1 aromatic carbocycles. The maximum absolute atomic E-state index is 12.3. The summed E-state index contributed by atoms with van der Waals surface area (Å²) in [6.07, 6.45) is 2.49. The van der Waals surface area contributed by atoms with E-state index in [2.05, 4.69) is 10.4 Å². The largest absolute Gasteiger partial charge is 0.307 e. The molecule has 0 bridgehead atoms. The molecule has 0 saturated carbocycles. The normalized spacial score (nSPS) is 12.0. The van der Waals surface area contributed by atoms with Crippen molar-refractivity contribution in [3.63, 3.8) is 0 Å². The lowest BCUT2D eigenvalue weighted by Crippen LogP contribution is -2.17. The monoisotopic (exact) mass is 302 g/mol. The van der Waals surface area contributed by atoms with Gasteiger partial charge in [0.25, 0.3) is 11.6 Å². The number of carbonyl (C=O) groups is 1. The average Bonchev–Trinajstić information content (AvgIpc) is 2.94. The summed E-state index contributed by atoms with van der Waals surface area (Å²) >= 11 is 0. The zero-order valence-electron chi connectivity index (χ0n) is 12.7. The molecule has 7 heteroatoms. The maximum Gasteiger partial charge on any atom is 0.273 e. The van der Waals surface area contributed by atoms with Crippen molar-refractivity contribution in [2.45, 2.75) is 33.2 Å². The van der Waals surface area contributed by atoms with Crippen LogP contribution in [0.1, 0.15) is 42.2 Å². The van der Waals surface area contributed by atoms with E-state index >= 15 is 0 Å². The Morgan fingerprint density at radius 2 is 2.18 bits per heavy atom. The summed E-state index contributed by atoms with van der Waals surface area (Å²) in [6.45, 7) is 5.67. The minimum absolute atomic E-state index is 0.0666. The molecule has 0 aliphatic carbocycles. The van der Waals surface area contributed by atoms with E-state index in [1.165, 1.54) is 6.07 Å². The van der Waals surface area contributed by atoms with E-state index in [-0.39, 0.29) is 17.3 Å². The fourth-order valence-corrected chi connectivity index (χ4v) is 2.07. The summed E-state index contributed by atoms with van der Waals surface area (Å²) in [6, 6.07) is 6.28. The number of amides is 1. The molecule has 1 amide bonds. The van der Waals surface area contributed by atoms with Crippen LogP contribution in [-0.2, 0) is 0 Å². The van der Waals surface area contributed by atoms with Crippen LogP contribution in [0.2, 0.25) is 0 Å². The average molecular weight is 302 g/mol. The van der Waals surface area contributed by atoms with E-state index in [4.69, 9.17) is 0 Å². The topological polar surface area (TPSA) is 90.1 Å². The smallest absolute Gasteiger partial charge is 0.273 e. The molecule has 0 saturated heterocycles. The molecule has 0 aliphatic heterocycles. The second-order valence-corrected chi connectivity index (χ2v) is 5.13. The SMILES string of the molecule is CCC(C)n1nccc1NC(=O)c1ccc(C)c([N+](=O)[O-])c1. The molecule has 0 aliphatic rings. The highest BCUT2D eigenvalue weighted by Gasteiger charge is 2.17. The standard InChI is InChI=1S/C15H18N4O3/c1-4-11(3)18-14(7-8-16-18)17-15(20)12-6-5-10(2)13(9-12)19(21)22/h5-9,11H,4H2,1-3H3,(H,17,20). The van der Waals surface area contributed by atoms with Gasteiger partial charge in [-0.3, -0.25) is 14.9 Å². The van der Waals surface area contributed by atoms with Gasteiger partial charge < -0.3 is 5.32 Å². The zero-order chi connectivity index (χ0) is 16.3.